The molecule has 0 radical (unpaired) electrons. The van der Waals surface area contributed by atoms with Crippen molar-refractivity contribution in [1.29, 1.82) is 0 Å². The van der Waals surface area contributed by atoms with Gasteiger partial charge in [0.2, 0.25) is 0 Å². The van der Waals surface area contributed by atoms with Gasteiger partial charge in [0.25, 0.3) is 0 Å². The highest BCUT2D eigenvalue weighted by atomic mass is 127. The van der Waals surface area contributed by atoms with E-state index in [9.17, 15) is 0 Å². The van der Waals surface area contributed by atoms with Crippen molar-refractivity contribution in [2.45, 2.75) is 39.0 Å². The maximum absolute atomic E-state index is 4.97. The third kappa shape index (κ3) is 5.93. The Bertz CT molecular complexity index is 468. The fraction of sp³-hybridized carbons (Fsp3) is 0.722. The summed E-state index contributed by atoms with van der Waals surface area (Å²) in [6.07, 6.45) is 6.89. The quantitative estimate of drug-likeness (QED) is 0.367. The number of thiophene rings is 1. The van der Waals surface area contributed by atoms with Crippen molar-refractivity contribution >= 4 is 41.3 Å². The van der Waals surface area contributed by atoms with Gasteiger partial charge < -0.3 is 10.2 Å². The van der Waals surface area contributed by atoms with Gasteiger partial charge in [0.15, 0.2) is 5.96 Å². The van der Waals surface area contributed by atoms with Crippen molar-refractivity contribution in [3.63, 3.8) is 0 Å². The number of guanidine groups is 1. The number of nitrogens with one attached hydrogen (secondary N) is 1. The van der Waals surface area contributed by atoms with Crippen molar-refractivity contribution in [1.82, 2.24) is 10.2 Å². The Morgan fingerprint density at radius 3 is 2.57 bits per heavy atom. The van der Waals surface area contributed by atoms with Gasteiger partial charge in [-0.15, -0.1) is 35.3 Å². The smallest absolute Gasteiger partial charge is 0.193 e. The first-order valence-electron chi connectivity index (χ1n) is 8.79. The van der Waals surface area contributed by atoms with E-state index in [0.717, 1.165) is 49.8 Å². The first-order chi connectivity index (χ1) is 10.8. The molecule has 0 amide bonds. The lowest BCUT2D eigenvalue weighted by Crippen LogP contribution is -2.40. The van der Waals surface area contributed by atoms with E-state index in [1.54, 1.807) is 0 Å². The van der Waals surface area contributed by atoms with Gasteiger partial charge in [-0.1, -0.05) is 6.07 Å². The maximum atomic E-state index is 4.97. The predicted octanol–water partition coefficient (Wildman–Crippen LogP) is 4.24. The summed E-state index contributed by atoms with van der Waals surface area (Å²) in [5.41, 5.74) is 0. The van der Waals surface area contributed by atoms with E-state index in [2.05, 4.69) is 41.7 Å². The topological polar surface area (TPSA) is 27.6 Å². The fourth-order valence-electron chi connectivity index (χ4n) is 3.23. The van der Waals surface area contributed by atoms with E-state index in [-0.39, 0.29) is 24.0 Å². The molecule has 130 valence electrons. The normalized spacial score (nSPS) is 18.0. The minimum Gasteiger partial charge on any atom is -0.357 e. The van der Waals surface area contributed by atoms with Crippen molar-refractivity contribution in [2.24, 2.45) is 22.7 Å². The lowest BCUT2D eigenvalue weighted by atomic mass is 9.98. The number of rotatable bonds is 8. The van der Waals surface area contributed by atoms with Crippen molar-refractivity contribution < 1.29 is 0 Å². The Kier molecular flexibility index (Phi) is 7.66. The molecule has 0 atom stereocenters. The zero-order chi connectivity index (χ0) is 15.4. The first kappa shape index (κ1) is 19.0. The van der Waals surface area contributed by atoms with Crippen LogP contribution in [0.1, 0.15) is 37.5 Å². The molecule has 3 nitrogen and oxygen atoms in total. The highest BCUT2D eigenvalue weighted by Gasteiger charge is 2.41. The second kappa shape index (κ2) is 9.25. The number of hydrogen-bond acceptors (Lipinski definition) is 2. The molecule has 0 aliphatic heterocycles. The lowest BCUT2D eigenvalue weighted by molar-refractivity contribution is 0.410. The molecule has 1 heterocycles. The van der Waals surface area contributed by atoms with E-state index >= 15 is 0 Å². The van der Waals surface area contributed by atoms with Gasteiger partial charge in [-0.3, -0.25) is 4.99 Å². The molecule has 2 fully saturated rings. The highest BCUT2D eigenvalue weighted by molar-refractivity contribution is 14.0. The summed E-state index contributed by atoms with van der Waals surface area (Å²) in [4.78, 5) is 8.72. The molecular formula is C18H30IN3S. The average Bonchev–Trinajstić information content (AvgIpc) is 3.45. The van der Waals surface area contributed by atoms with Gasteiger partial charge in [-0.05, 0) is 68.2 Å². The SMILES string of the molecule is CCNC(=NCC(C1CC1)C1CC1)N(C)CCc1cccs1.I. The summed E-state index contributed by atoms with van der Waals surface area (Å²) in [7, 11) is 2.17. The van der Waals surface area contributed by atoms with Crippen molar-refractivity contribution in [3.8, 4) is 0 Å². The number of hydrogen-bond donors (Lipinski definition) is 1. The van der Waals surface area contributed by atoms with Crippen LogP contribution in [0.2, 0.25) is 0 Å². The van der Waals surface area contributed by atoms with Gasteiger partial charge >= 0.3 is 0 Å². The molecule has 23 heavy (non-hydrogen) atoms. The number of halogens is 1. The Hall–Kier alpha value is -0.300. The summed E-state index contributed by atoms with van der Waals surface area (Å²) in [6.45, 7) is 5.16. The summed E-state index contributed by atoms with van der Waals surface area (Å²) in [5.74, 6) is 3.91. The zero-order valence-corrected chi connectivity index (χ0v) is 17.5. The average molecular weight is 447 g/mol. The zero-order valence-electron chi connectivity index (χ0n) is 14.3. The minimum atomic E-state index is 0. The third-order valence-corrected chi connectivity index (χ3v) is 5.81. The Balaban J connectivity index is 0.00000192. The van der Waals surface area contributed by atoms with Gasteiger partial charge in [0.1, 0.15) is 0 Å². The molecule has 1 N–H and O–H groups in total. The molecule has 0 unspecified atom stereocenters. The standard InChI is InChI=1S/C18H29N3S.HI/c1-3-19-18(21(2)11-10-16-5-4-12-22-16)20-13-17(14-6-7-14)15-8-9-15;/h4-5,12,14-15,17H,3,6-11,13H2,1-2H3,(H,19,20);1H. The van der Waals surface area contributed by atoms with Crippen molar-refractivity contribution in [3.05, 3.63) is 22.4 Å². The molecule has 1 aromatic heterocycles. The maximum Gasteiger partial charge on any atom is 0.193 e. The Labute approximate surface area is 162 Å². The second-order valence-electron chi connectivity index (χ2n) is 6.78. The van der Waals surface area contributed by atoms with Crippen LogP contribution in [0.25, 0.3) is 0 Å². The van der Waals surface area contributed by atoms with Crippen LogP contribution < -0.4 is 5.32 Å². The summed E-state index contributed by atoms with van der Waals surface area (Å²) < 4.78 is 0. The van der Waals surface area contributed by atoms with E-state index in [1.807, 2.05) is 11.3 Å². The number of likely N-dealkylation sites (N-methyl/N-ethyl adjacent to an activating group) is 1. The van der Waals surface area contributed by atoms with Crippen LogP contribution in [0, 0.1) is 17.8 Å². The predicted molar refractivity (Wildman–Crippen MR) is 111 cm³/mol. The van der Waals surface area contributed by atoms with E-state index in [0.29, 0.717) is 0 Å². The number of aliphatic imine (C=N–C) groups is 1. The monoisotopic (exact) mass is 447 g/mol. The van der Waals surface area contributed by atoms with Gasteiger partial charge in [0, 0.05) is 31.6 Å². The largest absolute Gasteiger partial charge is 0.357 e. The van der Waals surface area contributed by atoms with E-state index < -0.39 is 0 Å². The molecule has 2 aliphatic rings. The van der Waals surface area contributed by atoms with Crippen LogP contribution in [0.3, 0.4) is 0 Å². The molecule has 1 aromatic rings. The summed E-state index contributed by atoms with van der Waals surface area (Å²) >= 11 is 1.85. The second-order valence-corrected chi connectivity index (χ2v) is 7.82. The van der Waals surface area contributed by atoms with Gasteiger partial charge in [-0.2, -0.15) is 0 Å². The lowest BCUT2D eigenvalue weighted by Gasteiger charge is -2.23. The molecule has 5 heteroatoms. The summed E-state index contributed by atoms with van der Waals surface area (Å²) in [5, 5.41) is 5.62. The summed E-state index contributed by atoms with van der Waals surface area (Å²) in [6, 6.07) is 4.36. The molecule has 2 aliphatic carbocycles. The van der Waals surface area contributed by atoms with Crippen LogP contribution in [0.4, 0.5) is 0 Å². The van der Waals surface area contributed by atoms with E-state index in [4.69, 9.17) is 4.99 Å². The van der Waals surface area contributed by atoms with E-state index in [1.165, 1.54) is 30.6 Å². The first-order valence-corrected chi connectivity index (χ1v) is 9.67. The Morgan fingerprint density at radius 2 is 2.04 bits per heavy atom. The Morgan fingerprint density at radius 1 is 1.35 bits per heavy atom. The third-order valence-electron chi connectivity index (χ3n) is 4.88. The van der Waals surface area contributed by atoms with Crippen LogP contribution in [0.5, 0.6) is 0 Å². The highest BCUT2D eigenvalue weighted by Crippen LogP contribution is 2.49. The van der Waals surface area contributed by atoms with Crippen LogP contribution in [-0.4, -0.2) is 37.5 Å². The molecule has 2 saturated carbocycles. The fourth-order valence-corrected chi connectivity index (χ4v) is 3.93. The number of nitrogens with zero attached hydrogens (tertiary/aromatic N) is 2. The molecule has 3 rings (SSSR count). The molecule has 0 saturated heterocycles. The van der Waals surface area contributed by atoms with Crippen LogP contribution in [0.15, 0.2) is 22.5 Å². The molecular weight excluding hydrogens is 417 g/mol. The molecule has 0 spiro atoms. The van der Waals surface area contributed by atoms with Crippen molar-refractivity contribution in [2.75, 3.05) is 26.7 Å². The van der Waals surface area contributed by atoms with Gasteiger partial charge in [-0.25, -0.2) is 0 Å². The molecule has 0 aromatic carbocycles. The van der Waals surface area contributed by atoms with Crippen LogP contribution >= 0.6 is 35.3 Å². The minimum absolute atomic E-state index is 0. The van der Waals surface area contributed by atoms with Crippen LogP contribution in [-0.2, 0) is 6.42 Å². The molecule has 0 bridgehead atoms. The van der Waals surface area contributed by atoms with Gasteiger partial charge in [0.05, 0.1) is 0 Å².